The van der Waals surface area contributed by atoms with Gasteiger partial charge in [0.25, 0.3) is 5.91 Å². The number of aromatic nitrogens is 2. The van der Waals surface area contributed by atoms with Crippen LogP contribution in [-0.4, -0.2) is 21.6 Å². The Labute approximate surface area is 102 Å². The minimum absolute atomic E-state index is 0.133. The van der Waals surface area contributed by atoms with Gasteiger partial charge in [0.05, 0.1) is 11.4 Å². The Morgan fingerprint density at radius 3 is 2.33 bits per heavy atom. The number of carbonyl (C=O) groups is 2. The zero-order chi connectivity index (χ0) is 13.3. The third kappa shape index (κ3) is 2.01. The fourth-order valence-electron chi connectivity index (χ4n) is 1.51. The normalized spacial score (nSPS) is 10.2. The predicted octanol–water partition coefficient (Wildman–Crippen LogP) is -0.348. The first-order valence-electron chi connectivity index (χ1n) is 5.04. The number of rotatable bonds is 3. The highest BCUT2D eigenvalue weighted by atomic mass is 16.1. The molecule has 2 aromatic rings. The lowest BCUT2D eigenvalue weighted by atomic mass is 10.1. The Hall–Kier alpha value is -2.83. The second kappa shape index (κ2) is 4.21. The molecule has 0 unspecified atom stereocenters. The van der Waals surface area contributed by atoms with Gasteiger partial charge in [-0.05, 0) is 24.3 Å². The molecule has 1 heterocycles. The van der Waals surface area contributed by atoms with Crippen LogP contribution in [0.4, 0.5) is 5.69 Å². The molecule has 18 heavy (non-hydrogen) atoms. The average Bonchev–Trinajstić information content (AvgIpc) is 2.78. The highest BCUT2D eigenvalue weighted by Crippen LogP contribution is 2.18. The number of amides is 2. The number of nitrogens with two attached hydrogens (primary N) is 3. The van der Waals surface area contributed by atoms with Crippen LogP contribution in [0.1, 0.15) is 20.8 Å². The standard InChI is InChI=1S/C11H11N5O2/c12-7-5-6(10(13)17)1-2-9(7)16-4-3-8(15-16)11(14)18/h1-5H,12H2,(H2,13,17)(H2,14,18). The lowest BCUT2D eigenvalue weighted by Gasteiger charge is -2.06. The first-order valence-corrected chi connectivity index (χ1v) is 5.04. The molecule has 0 aliphatic heterocycles. The van der Waals surface area contributed by atoms with Crippen LogP contribution in [0.5, 0.6) is 0 Å². The van der Waals surface area contributed by atoms with Crippen LogP contribution >= 0.6 is 0 Å². The predicted molar refractivity (Wildman–Crippen MR) is 65.0 cm³/mol. The first kappa shape index (κ1) is 11.6. The summed E-state index contributed by atoms with van der Waals surface area (Å²) in [7, 11) is 0. The van der Waals surface area contributed by atoms with Gasteiger partial charge in [0, 0.05) is 11.8 Å². The van der Waals surface area contributed by atoms with E-state index in [0.717, 1.165) is 0 Å². The maximum atomic E-state index is 11.0. The zero-order valence-corrected chi connectivity index (χ0v) is 9.33. The molecule has 0 fully saturated rings. The first-order chi connectivity index (χ1) is 8.49. The molecule has 7 nitrogen and oxygen atoms in total. The van der Waals surface area contributed by atoms with Crippen LogP contribution in [0, 0.1) is 0 Å². The average molecular weight is 245 g/mol. The van der Waals surface area contributed by atoms with E-state index in [1.807, 2.05) is 0 Å². The van der Waals surface area contributed by atoms with E-state index in [1.165, 1.54) is 22.9 Å². The Morgan fingerprint density at radius 2 is 1.83 bits per heavy atom. The van der Waals surface area contributed by atoms with Crippen molar-refractivity contribution in [3.8, 4) is 5.69 Å². The summed E-state index contributed by atoms with van der Waals surface area (Å²) in [6, 6.07) is 6.04. The van der Waals surface area contributed by atoms with Crippen LogP contribution < -0.4 is 17.2 Å². The number of carbonyl (C=O) groups excluding carboxylic acids is 2. The van der Waals surface area contributed by atoms with E-state index in [9.17, 15) is 9.59 Å². The molecule has 0 radical (unpaired) electrons. The van der Waals surface area contributed by atoms with Crippen LogP contribution in [0.2, 0.25) is 0 Å². The summed E-state index contributed by atoms with van der Waals surface area (Å²) in [5.41, 5.74) is 17.3. The topological polar surface area (TPSA) is 130 Å². The number of hydrogen-bond donors (Lipinski definition) is 3. The van der Waals surface area contributed by atoms with E-state index in [0.29, 0.717) is 16.9 Å². The van der Waals surface area contributed by atoms with Gasteiger partial charge >= 0.3 is 0 Å². The maximum Gasteiger partial charge on any atom is 0.269 e. The van der Waals surface area contributed by atoms with Crippen LogP contribution in [0.3, 0.4) is 0 Å². The molecule has 0 spiro atoms. The summed E-state index contributed by atoms with van der Waals surface area (Å²) < 4.78 is 1.40. The molecule has 2 rings (SSSR count). The Balaban J connectivity index is 2.44. The van der Waals surface area contributed by atoms with Crippen molar-refractivity contribution in [2.45, 2.75) is 0 Å². The van der Waals surface area contributed by atoms with Gasteiger partial charge in [0.15, 0.2) is 0 Å². The minimum Gasteiger partial charge on any atom is -0.397 e. The molecule has 0 saturated heterocycles. The van der Waals surface area contributed by atoms with Gasteiger partial charge in [-0.25, -0.2) is 4.68 Å². The summed E-state index contributed by atoms with van der Waals surface area (Å²) in [4.78, 5) is 21.9. The monoisotopic (exact) mass is 245 g/mol. The molecule has 1 aromatic heterocycles. The Kier molecular flexibility index (Phi) is 2.72. The maximum absolute atomic E-state index is 11.0. The van der Waals surface area contributed by atoms with E-state index < -0.39 is 11.8 Å². The molecule has 0 aliphatic carbocycles. The summed E-state index contributed by atoms with van der Waals surface area (Å²) >= 11 is 0. The van der Waals surface area contributed by atoms with Gasteiger partial charge in [0.1, 0.15) is 5.69 Å². The molecule has 0 saturated carbocycles. The van der Waals surface area contributed by atoms with Crippen molar-refractivity contribution >= 4 is 17.5 Å². The fourth-order valence-corrected chi connectivity index (χ4v) is 1.51. The molecule has 0 bridgehead atoms. The summed E-state index contributed by atoms with van der Waals surface area (Å²) in [5, 5.41) is 3.96. The highest BCUT2D eigenvalue weighted by Gasteiger charge is 2.09. The summed E-state index contributed by atoms with van der Waals surface area (Å²) in [5.74, 6) is -1.19. The van der Waals surface area contributed by atoms with Crippen molar-refractivity contribution in [2.24, 2.45) is 11.5 Å². The molecule has 6 N–H and O–H groups in total. The Morgan fingerprint density at radius 1 is 1.11 bits per heavy atom. The van der Waals surface area contributed by atoms with Gasteiger partial charge in [-0.2, -0.15) is 5.10 Å². The van der Waals surface area contributed by atoms with Crippen molar-refractivity contribution < 1.29 is 9.59 Å². The van der Waals surface area contributed by atoms with Crippen molar-refractivity contribution in [1.82, 2.24) is 9.78 Å². The van der Waals surface area contributed by atoms with E-state index in [-0.39, 0.29) is 5.69 Å². The molecule has 92 valence electrons. The quantitative estimate of drug-likeness (QED) is 0.638. The van der Waals surface area contributed by atoms with Gasteiger partial charge in [-0.3, -0.25) is 9.59 Å². The largest absolute Gasteiger partial charge is 0.397 e. The van der Waals surface area contributed by atoms with Gasteiger partial charge < -0.3 is 17.2 Å². The molecule has 0 atom stereocenters. The lowest BCUT2D eigenvalue weighted by Crippen LogP contribution is -2.13. The zero-order valence-electron chi connectivity index (χ0n) is 9.33. The van der Waals surface area contributed by atoms with Crippen molar-refractivity contribution in [3.05, 3.63) is 41.7 Å². The van der Waals surface area contributed by atoms with Crippen molar-refractivity contribution in [3.63, 3.8) is 0 Å². The molecule has 0 aliphatic rings. The molecule has 7 heteroatoms. The molecular formula is C11H11N5O2. The number of nitrogen functional groups attached to an aromatic ring is 1. The number of anilines is 1. The van der Waals surface area contributed by atoms with Crippen LogP contribution in [0.15, 0.2) is 30.5 Å². The van der Waals surface area contributed by atoms with E-state index in [1.54, 1.807) is 12.3 Å². The van der Waals surface area contributed by atoms with Crippen LogP contribution in [-0.2, 0) is 0 Å². The van der Waals surface area contributed by atoms with Crippen LogP contribution in [0.25, 0.3) is 5.69 Å². The lowest BCUT2D eigenvalue weighted by molar-refractivity contribution is 0.0989. The smallest absolute Gasteiger partial charge is 0.269 e. The third-order valence-electron chi connectivity index (χ3n) is 2.40. The van der Waals surface area contributed by atoms with Crippen molar-refractivity contribution in [2.75, 3.05) is 5.73 Å². The van der Waals surface area contributed by atoms with Gasteiger partial charge in [0.2, 0.25) is 5.91 Å². The van der Waals surface area contributed by atoms with E-state index in [4.69, 9.17) is 17.2 Å². The minimum atomic E-state index is -0.624. The second-order valence-electron chi connectivity index (χ2n) is 3.65. The molecular weight excluding hydrogens is 234 g/mol. The van der Waals surface area contributed by atoms with Gasteiger partial charge in [-0.1, -0.05) is 0 Å². The summed E-state index contributed by atoms with van der Waals surface area (Å²) in [6.07, 6.45) is 1.55. The number of nitrogens with zero attached hydrogens (tertiary/aromatic N) is 2. The SMILES string of the molecule is NC(=O)c1ccc(-n2ccc(C(N)=O)n2)c(N)c1. The third-order valence-corrected chi connectivity index (χ3v) is 2.40. The van der Waals surface area contributed by atoms with Crippen molar-refractivity contribution in [1.29, 1.82) is 0 Å². The fraction of sp³-hybridized carbons (Fsp3) is 0. The van der Waals surface area contributed by atoms with E-state index >= 15 is 0 Å². The number of benzene rings is 1. The van der Waals surface area contributed by atoms with Gasteiger partial charge in [-0.15, -0.1) is 0 Å². The summed E-state index contributed by atoms with van der Waals surface area (Å²) in [6.45, 7) is 0. The molecule has 1 aromatic carbocycles. The number of primary amides is 2. The molecule has 2 amide bonds. The second-order valence-corrected chi connectivity index (χ2v) is 3.65. The number of hydrogen-bond acceptors (Lipinski definition) is 4. The van der Waals surface area contributed by atoms with E-state index in [2.05, 4.69) is 5.10 Å². The highest BCUT2D eigenvalue weighted by molar-refractivity contribution is 5.94. The Bertz CT molecular complexity index is 632.